The zero-order valence-electron chi connectivity index (χ0n) is 14.1. The zero-order valence-corrected chi connectivity index (χ0v) is 14.1. The zero-order chi connectivity index (χ0) is 15.8. The molecule has 0 amide bonds. The largest absolute Gasteiger partial charge is 0.476 e. The molecule has 1 rings (SSSR count). The molecule has 1 aromatic rings. The first-order chi connectivity index (χ1) is 9.88. The Morgan fingerprint density at radius 1 is 1.10 bits per heavy atom. The van der Waals surface area contributed by atoms with E-state index in [1.54, 1.807) is 0 Å². The van der Waals surface area contributed by atoms with Crippen LogP contribution < -0.4 is 15.8 Å². The highest BCUT2D eigenvalue weighted by Crippen LogP contribution is 2.22. The van der Waals surface area contributed by atoms with E-state index in [0.29, 0.717) is 30.1 Å². The van der Waals surface area contributed by atoms with Crippen molar-refractivity contribution in [1.82, 2.24) is 4.98 Å². The lowest BCUT2D eigenvalue weighted by Crippen LogP contribution is -2.17. The normalized spacial score (nSPS) is 12.7. The molecule has 0 fully saturated rings. The second-order valence-electron chi connectivity index (χ2n) is 6.67. The fourth-order valence-electron chi connectivity index (χ4n) is 2.05. The highest BCUT2D eigenvalue weighted by atomic mass is 16.5. The van der Waals surface area contributed by atoms with Crippen LogP contribution in [0, 0.1) is 11.8 Å². The summed E-state index contributed by atoms with van der Waals surface area (Å²) in [6.07, 6.45) is 3.65. The van der Waals surface area contributed by atoms with Crippen molar-refractivity contribution in [2.45, 2.75) is 59.9 Å². The van der Waals surface area contributed by atoms with Crippen molar-refractivity contribution in [2.75, 3.05) is 17.7 Å². The van der Waals surface area contributed by atoms with Gasteiger partial charge in [-0.25, -0.2) is 0 Å². The summed E-state index contributed by atoms with van der Waals surface area (Å²) in [4.78, 5) is 4.47. The summed E-state index contributed by atoms with van der Waals surface area (Å²) in [7, 11) is 0. The summed E-state index contributed by atoms with van der Waals surface area (Å²) < 4.78 is 5.66. The third-order valence-electron chi connectivity index (χ3n) is 3.26. The van der Waals surface area contributed by atoms with Crippen LogP contribution in [0.4, 0.5) is 11.5 Å². The third kappa shape index (κ3) is 7.21. The van der Waals surface area contributed by atoms with Crippen molar-refractivity contribution >= 4 is 11.5 Å². The minimum Gasteiger partial charge on any atom is -0.476 e. The number of pyridine rings is 1. The van der Waals surface area contributed by atoms with E-state index in [0.717, 1.165) is 18.2 Å². The molecule has 0 spiro atoms. The quantitative estimate of drug-likeness (QED) is 0.711. The molecule has 0 aliphatic rings. The Labute approximate surface area is 129 Å². The topological polar surface area (TPSA) is 60.2 Å². The van der Waals surface area contributed by atoms with Crippen LogP contribution in [-0.2, 0) is 0 Å². The molecule has 0 aromatic carbocycles. The molecule has 0 radical (unpaired) electrons. The first-order valence-corrected chi connectivity index (χ1v) is 8.04. The van der Waals surface area contributed by atoms with Crippen molar-refractivity contribution in [3.63, 3.8) is 0 Å². The van der Waals surface area contributed by atoms with E-state index in [-0.39, 0.29) is 0 Å². The maximum atomic E-state index is 5.90. The SMILES string of the molecule is CC(C)CCCC(C)Nc1ccc(N)c(OCC(C)C)n1. The van der Waals surface area contributed by atoms with Crippen LogP contribution in [-0.4, -0.2) is 17.6 Å². The van der Waals surface area contributed by atoms with Crippen LogP contribution >= 0.6 is 0 Å². The van der Waals surface area contributed by atoms with Gasteiger partial charge in [0.05, 0.1) is 12.3 Å². The Morgan fingerprint density at radius 2 is 1.81 bits per heavy atom. The molecule has 4 nitrogen and oxygen atoms in total. The lowest BCUT2D eigenvalue weighted by atomic mass is 10.0. The Morgan fingerprint density at radius 3 is 2.43 bits per heavy atom. The number of nitrogen functional groups attached to an aromatic ring is 1. The lowest BCUT2D eigenvalue weighted by molar-refractivity contribution is 0.263. The molecule has 1 aromatic heterocycles. The minimum absolute atomic E-state index is 0.401. The third-order valence-corrected chi connectivity index (χ3v) is 3.26. The Hall–Kier alpha value is -1.45. The van der Waals surface area contributed by atoms with Gasteiger partial charge in [0.1, 0.15) is 5.82 Å². The average molecular weight is 293 g/mol. The van der Waals surface area contributed by atoms with Gasteiger partial charge < -0.3 is 15.8 Å². The van der Waals surface area contributed by atoms with E-state index in [1.165, 1.54) is 12.8 Å². The molecule has 21 heavy (non-hydrogen) atoms. The van der Waals surface area contributed by atoms with Crippen molar-refractivity contribution in [3.8, 4) is 5.88 Å². The summed E-state index contributed by atoms with van der Waals surface area (Å²) in [5.74, 6) is 2.59. The summed E-state index contributed by atoms with van der Waals surface area (Å²) in [5, 5.41) is 3.42. The number of anilines is 2. The second kappa shape index (κ2) is 8.75. The maximum Gasteiger partial charge on any atom is 0.239 e. The van der Waals surface area contributed by atoms with Crippen LogP contribution in [0.2, 0.25) is 0 Å². The van der Waals surface area contributed by atoms with Crippen LogP contribution in [0.3, 0.4) is 0 Å². The van der Waals surface area contributed by atoms with Gasteiger partial charge in [0.2, 0.25) is 5.88 Å². The van der Waals surface area contributed by atoms with E-state index < -0.39 is 0 Å². The molecular weight excluding hydrogens is 262 g/mol. The molecular formula is C17H31N3O. The van der Waals surface area contributed by atoms with Gasteiger partial charge in [-0.1, -0.05) is 40.5 Å². The number of rotatable bonds is 9. The van der Waals surface area contributed by atoms with Crippen molar-refractivity contribution in [2.24, 2.45) is 11.8 Å². The van der Waals surface area contributed by atoms with Crippen LogP contribution in [0.15, 0.2) is 12.1 Å². The minimum atomic E-state index is 0.401. The lowest BCUT2D eigenvalue weighted by Gasteiger charge is -2.17. The number of hydrogen-bond acceptors (Lipinski definition) is 4. The van der Waals surface area contributed by atoms with Crippen molar-refractivity contribution in [1.29, 1.82) is 0 Å². The molecule has 0 aliphatic carbocycles. The molecule has 1 atom stereocenters. The van der Waals surface area contributed by atoms with Crippen molar-refractivity contribution in [3.05, 3.63) is 12.1 Å². The molecule has 120 valence electrons. The monoisotopic (exact) mass is 293 g/mol. The molecule has 1 heterocycles. The number of nitrogens with one attached hydrogen (secondary N) is 1. The molecule has 0 saturated heterocycles. The fourth-order valence-corrected chi connectivity index (χ4v) is 2.05. The van der Waals surface area contributed by atoms with Gasteiger partial charge in [0.15, 0.2) is 0 Å². The fraction of sp³-hybridized carbons (Fsp3) is 0.706. The standard InChI is InChI=1S/C17H31N3O/c1-12(2)7-6-8-14(5)19-16-10-9-15(18)17(20-16)21-11-13(3)4/h9-10,12-14H,6-8,11,18H2,1-5H3,(H,19,20). The summed E-state index contributed by atoms with van der Waals surface area (Å²) >= 11 is 0. The van der Waals surface area contributed by atoms with Crippen LogP contribution in [0.5, 0.6) is 5.88 Å². The number of hydrogen-bond donors (Lipinski definition) is 2. The predicted molar refractivity (Wildman–Crippen MR) is 90.8 cm³/mol. The van der Waals surface area contributed by atoms with E-state index in [4.69, 9.17) is 10.5 Å². The van der Waals surface area contributed by atoms with Gasteiger partial charge >= 0.3 is 0 Å². The second-order valence-corrected chi connectivity index (χ2v) is 6.67. The summed E-state index contributed by atoms with van der Waals surface area (Å²) in [6, 6.07) is 4.17. The summed E-state index contributed by atoms with van der Waals surface area (Å²) in [5.41, 5.74) is 6.50. The van der Waals surface area contributed by atoms with Gasteiger partial charge in [-0.2, -0.15) is 4.98 Å². The van der Waals surface area contributed by atoms with Crippen LogP contribution in [0.1, 0.15) is 53.9 Å². The van der Waals surface area contributed by atoms with Gasteiger partial charge in [-0.05, 0) is 37.3 Å². The molecule has 4 heteroatoms. The highest BCUT2D eigenvalue weighted by Gasteiger charge is 2.08. The van der Waals surface area contributed by atoms with Crippen molar-refractivity contribution < 1.29 is 4.74 Å². The van der Waals surface area contributed by atoms with Gasteiger partial charge in [0.25, 0.3) is 0 Å². The average Bonchev–Trinajstić information content (AvgIpc) is 2.38. The number of nitrogens with two attached hydrogens (primary N) is 1. The van der Waals surface area contributed by atoms with Crippen LogP contribution in [0.25, 0.3) is 0 Å². The predicted octanol–water partition coefficient (Wildman–Crippen LogP) is 4.33. The molecule has 0 saturated carbocycles. The smallest absolute Gasteiger partial charge is 0.239 e. The summed E-state index contributed by atoms with van der Waals surface area (Å²) in [6.45, 7) is 11.6. The first-order valence-electron chi connectivity index (χ1n) is 8.04. The van der Waals surface area contributed by atoms with E-state index in [9.17, 15) is 0 Å². The van der Waals surface area contributed by atoms with E-state index in [2.05, 4.69) is 44.9 Å². The van der Waals surface area contributed by atoms with E-state index >= 15 is 0 Å². The Kier molecular flexibility index (Phi) is 7.34. The Bertz CT molecular complexity index is 418. The maximum absolute atomic E-state index is 5.90. The molecule has 1 unspecified atom stereocenters. The molecule has 0 aliphatic heterocycles. The molecule has 0 bridgehead atoms. The van der Waals surface area contributed by atoms with E-state index in [1.807, 2.05) is 12.1 Å². The Balaban J connectivity index is 2.52. The van der Waals surface area contributed by atoms with Gasteiger partial charge in [-0.3, -0.25) is 0 Å². The van der Waals surface area contributed by atoms with Gasteiger partial charge in [-0.15, -0.1) is 0 Å². The first kappa shape index (κ1) is 17.6. The number of ether oxygens (including phenoxy) is 1. The highest BCUT2D eigenvalue weighted by molar-refractivity contribution is 5.53. The number of aromatic nitrogens is 1. The number of nitrogens with zero attached hydrogens (tertiary/aromatic N) is 1. The van der Waals surface area contributed by atoms with Gasteiger partial charge in [0, 0.05) is 6.04 Å². The molecule has 3 N–H and O–H groups in total.